The van der Waals surface area contributed by atoms with E-state index in [4.69, 9.17) is 9.47 Å². The summed E-state index contributed by atoms with van der Waals surface area (Å²) >= 11 is 1.54. The van der Waals surface area contributed by atoms with Gasteiger partial charge in [-0.25, -0.2) is 0 Å². The van der Waals surface area contributed by atoms with Gasteiger partial charge < -0.3 is 9.47 Å². The number of esters is 1. The molecule has 0 unspecified atom stereocenters. The number of hydrogen-bond acceptors (Lipinski definition) is 4. The van der Waals surface area contributed by atoms with Crippen molar-refractivity contribution in [1.82, 2.24) is 0 Å². The summed E-state index contributed by atoms with van der Waals surface area (Å²) in [5.74, 6) is 7.20. The molecule has 0 saturated heterocycles. The first-order valence-corrected chi connectivity index (χ1v) is 9.33. The molecule has 3 nitrogen and oxygen atoms in total. The van der Waals surface area contributed by atoms with E-state index in [9.17, 15) is 4.79 Å². The smallest absolute Gasteiger partial charge is 0.311 e. The van der Waals surface area contributed by atoms with Crippen molar-refractivity contribution < 1.29 is 14.3 Å². The molecule has 4 heteroatoms. The van der Waals surface area contributed by atoms with Gasteiger partial charge in [-0.2, -0.15) is 0 Å². The van der Waals surface area contributed by atoms with Crippen molar-refractivity contribution in [1.29, 1.82) is 0 Å². The molecule has 0 fully saturated rings. The number of carbonyl (C=O) groups is 1. The van der Waals surface area contributed by atoms with Crippen LogP contribution in [-0.4, -0.2) is 19.2 Å². The van der Waals surface area contributed by atoms with Gasteiger partial charge in [0.15, 0.2) is 0 Å². The summed E-state index contributed by atoms with van der Waals surface area (Å²) in [6.07, 6.45) is 1.32. The van der Waals surface area contributed by atoms with Crippen LogP contribution < -0.4 is 4.74 Å². The Kier molecular flexibility index (Phi) is 5.15. The summed E-state index contributed by atoms with van der Waals surface area (Å²) in [5, 5.41) is 0. The normalized spacial score (nSPS) is 14.7. The van der Waals surface area contributed by atoms with Gasteiger partial charge in [-0.3, -0.25) is 4.79 Å². The van der Waals surface area contributed by atoms with E-state index in [1.54, 1.807) is 0 Å². The minimum absolute atomic E-state index is 0.112. The molecular formula is C21H22O3S. The largest absolute Gasteiger partial charge is 0.493 e. The highest BCUT2D eigenvalue weighted by Crippen LogP contribution is 2.38. The molecule has 0 aliphatic carbocycles. The van der Waals surface area contributed by atoms with E-state index in [0.29, 0.717) is 13.0 Å². The van der Waals surface area contributed by atoms with Crippen LogP contribution >= 0.6 is 11.3 Å². The third kappa shape index (κ3) is 4.24. The maximum Gasteiger partial charge on any atom is 0.311 e. The van der Waals surface area contributed by atoms with Crippen molar-refractivity contribution in [2.24, 2.45) is 0 Å². The fraction of sp³-hybridized carbons (Fsp3) is 0.381. The van der Waals surface area contributed by atoms with E-state index < -0.39 is 0 Å². The van der Waals surface area contributed by atoms with Gasteiger partial charge in [-0.15, -0.1) is 11.3 Å². The van der Waals surface area contributed by atoms with Crippen LogP contribution in [0.1, 0.15) is 48.1 Å². The standard InChI is InChI=1S/C21H22O3S/c1-4-23-20(22)14-17-9-8-16(25-17)7-5-15-6-10-19-18(13-15)21(2,3)11-12-24-19/h6,8-10,13H,4,11-12,14H2,1-3H3. The van der Waals surface area contributed by atoms with Gasteiger partial charge in [-0.1, -0.05) is 25.7 Å². The SMILES string of the molecule is CCOC(=O)Cc1ccc(C#Cc2ccc3c(c2)C(C)(C)CCO3)s1. The molecule has 1 aliphatic rings. The number of rotatable bonds is 3. The molecule has 1 aliphatic heterocycles. The molecule has 0 saturated carbocycles. The number of hydrogen-bond donors (Lipinski definition) is 0. The van der Waals surface area contributed by atoms with Crippen LogP contribution in [0.3, 0.4) is 0 Å². The summed E-state index contributed by atoms with van der Waals surface area (Å²) < 4.78 is 10.7. The van der Waals surface area contributed by atoms with Crippen LogP contribution in [0.5, 0.6) is 5.75 Å². The first-order valence-electron chi connectivity index (χ1n) is 8.51. The van der Waals surface area contributed by atoms with Gasteiger partial charge in [0.1, 0.15) is 5.75 Å². The third-order valence-electron chi connectivity index (χ3n) is 4.31. The number of carbonyl (C=O) groups excluding carboxylic acids is 1. The maximum absolute atomic E-state index is 11.5. The second kappa shape index (κ2) is 7.33. The number of thiophene rings is 1. The molecule has 3 rings (SSSR count). The molecule has 0 atom stereocenters. The van der Waals surface area contributed by atoms with E-state index in [2.05, 4.69) is 31.8 Å². The highest BCUT2D eigenvalue weighted by atomic mass is 32.1. The Balaban J connectivity index is 1.76. The van der Waals surface area contributed by atoms with Gasteiger partial charge in [0.25, 0.3) is 0 Å². The second-order valence-electron chi connectivity index (χ2n) is 6.69. The lowest BCUT2D eigenvalue weighted by Crippen LogP contribution is -2.26. The van der Waals surface area contributed by atoms with Crippen LogP contribution in [0.15, 0.2) is 30.3 Å². The topological polar surface area (TPSA) is 35.5 Å². The van der Waals surface area contributed by atoms with E-state index in [1.807, 2.05) is 31.2 Å². The van der Waals surface area contributed by atoms with Crippen molar-refractivity contribution in [3.05, 3.63) is 51.2 Å². The van der Waals surface area contributed by atoms with Crippen LogP contribution in [0.4, 0.5) is 0 Å². The van der Waals surface area contributed by atoms with Crippen molar-refractivity contribution in [2.45, 2.75) is 39.0 Å². The van der Waals surface area contributed by atoms with Crippen LogP contribution in [0, 0.1) is 11.8 Å². The maximum atomic E-state index is 11.5. The highest BCUT2D eigenvalue weighted by molar-refractivity contribution is 7.12. The molecule has 2 aromatic rings. The van der Waals surface area contributed by atoms with Crippen molar-refractivity contribution in [3.8, 4) is 17.6 Å². The zero-order valence-electron chi connectivity index (χ0n) is 14.8. The lowest BCUT2D eigenvalue weighted by atomic mass is 9.79. The number of benzene rings is 1. The predicted octanol–water partition coefficient (Wildman–Crippen LogP) is 4.31. The van der Waals surface area contributed by atoms with E-state index in [1.165, 1.54) is 16.9 Å². The fourth-order valence-electron chi connectivity index (χ4n) is 2.84. The molecule has 0 bridgehead atoms. The second-order valence-corrected chi connectivity index (χ2v) is 7.86. The molecule has 130 valence electrons. The molecule has 1 aromatic heterocycles. The zero-order chi connectivity index (χ0) is 17.9. The molecule has 0 N–H and O–H groups in total. The average molecular weight is 354 g/mol. The molecule has 25 heavy (non-hydrogen) atoms. The molecule has 0 radical (unpaired) electrons. The van der Waals surface area contributed by atoms with Crippen LogP contribution in [-0.2, 0) is 21.4 Å². The summed E-state index contributed by atoms with van der Waals surface area (Å²) in [4.78, 5) is 13.5. The lowest BCUT2D eigenvalue weighted by molar-refractivity contribution is -0.142. The van der Waals surface area contributed by atoms with E-state index >= 15 is 0 Å². The quantitative estimate of drug-likeness (QED) is 0.608. The predicted molar refractivity (Wildman–Crippen MR) is 100 cm³/mol. The molecule has 0 amide bonds. The molecule has 1 aromatic carbocycles. The van der Waals surface area contributed by atoms with Gasteiger partial charge in [0.05, 0.1) is 24.5 Å². The Morgan fingerprint density at radius 2 is 2.12 bits per heavy atom. The van der Waals surface area contributed by atoms with Crippen LogP contribution in [0.25, 0.3) is 0 Å². The Morgan fingerprint density at radius 1 is 1.28 bits per heavy atom. The summed E-state index contributed by atoms with van der Waals surface area (Å²) in [6.45, 7) is 7.48. The highest BCUT2D eigenvalue weighted by Gasteiger charge is 2.28. The summed E-state index contributed by atoms with van der Waals surface area (Å²) in [6, 6.07) is 10.0. The third-order valence-corrected chi connectivity index (χ3v) is 5.31. The van der Waals surface area contributed by atoms with Crippen molar-refractivity contribution in [2.75, 3.05) is 13.2 Å². The minimum atomic E-state index is -0.194. The number of fused-ring (bicyclic) bond motifs is 1. The minimum Gasteiger partial charge on any atom is -0.493 e. The zero-order valence-corrected chi connectivity index (χ0v) is 15.7. The van der Waals surface area contributed by atoms with Gasteiger partial charge in [-0.05, 0) is 49.1 Å². The van der Waals surface area contributed by atoms with E-state index in [0.717, 1.165) is 34.1 Å². The van der Waals surface area contributed by atoms with Gasteiger partial charge in [0, 0.05) is 16.0 Å². The molecule has 2 heterocycles. The van der Waals surface area contributed by atoms with Crippen molar-refractivity contribution in [3.63, 3.8) is 0 Å². The molecular weight excluding hydrogens is 332 g/mol. The molecule has 0 spiro atoms. The Bertz CT molecular complexity index is 836. The lowest BCUT2D eigenvalue weighted by Gasteiger charge is -2.32. The van der Waals surface area contributed by atoms with Crippen LogP contribution in [0.2, 0.25) is 0 Å². The van der Waals surface area contributed by atoms with Gasteiger partial charge in [0.2, 0.25) is 0 Å². The Labute approximate surface area is 153 Å². The summed E-state index contributed by atoms with van der Waals surface area (Å²) in [5.41, 5.74) is 2.32. The van der Waals surface area contributed by atoms with Gasteiger partial charge >= 0.3 is 5.97 Å². The Hall–Kier alpha value is -2.25. The number of ether oxygens (including phenoxy) is 2. The fourth-order valence-corrected chi connectivity index (χ4v) is 3.69. The first-order chi connectivity index (χ1) is 12.0. The summed E-state index contributed by atoms with van der Waals surface area (Å²) in [7, 11) is 0. The monoisotopic (exact) mass is 354 g/mol. The van der Waals surface area contributed by atoms with Crippen molar-refractivity contribution >= 4 is 17.3 Å². The first kappa shape index (κ1) is 17.6. The average Bonchev–Trinajstić information content (AvgIpc) is 3.00. The Morgan fingerprint density at radius 3 is 2.92 bits per heavy atom. The van der Waals surface area contributed by atoms with E-state index in [-0.39, 0.29) is 11.4 Å².